The van der Waals surface area contributed by atoms with Crippen molar-refractivity contribution < 1.29 is 0 Å². The third kappa shape index (κ3) is 2.50. The fraction of sp³-hybridized carbons (Fsp3) is 0.800. The second-order valence-electron chi connectivity index (χ2n) is 3.81. The summed E-state index contributed by atoms with van der Waals surface area (Å²) >= 11 is 2.07. The van der Waals surface area contributed by atoms with Crippen LogP contribution in [0.15, 0.2) is 0 Å². The molecule has 3 nitrogen and oxygen atoms in total. The molecular weight excluding hydrogens is 194 g/mol. The monoisotopic (exact) mass is 211 g/mol. The molecule has 1 N–H and O–H groups in total. The van der Waals surface area contributed by atoms with E-state index in [0.29, 0.717) is 0 Å². The third-order valence-corrected chi connectivity index (χ3v) is 3.77. The Labute approximate surface area is 89.1 Å². The molecule has 2 rings (SSSR count). The molecule has 1 aliphatic rings. The Kier molecular flexibility index (Phi) is 3.45. The minimum atomic E-state index is 0.828. The number of hydrogen-bond donors (Lipinski definition) is 1. The maximum Gasteiger partial charge on any atom is 0.150 e. The zero-order chi connectivity index (χ0) is 9.80. The first-order valence-corrected chi connectivity index (χ1v) is 6.52. The van der Waals surface area contributed by atoms with E-state index in [2.05, 4.69) is 33.9 Å². The van der Waals surface area contributed by atoms with Crippen molar-refractivity contribution in [3.05, 3.63) is 11.6 Å². The minimum absolute atomic E-state index is 0.828. The molecule has 0 spiro atoms. The van der Waals surface area contributed by atoms with Gasteiger partial charge < -0.3 is 0 Å². The van der Waals surface area contributed by atoms with Gasteiger partial charge in [-0.05, 0) is 30.3 Å². The van der Waals surface area contributed by atoms with Gasteiger partial charge in [-0.3, -0.25) is 5.10 Å². The summed E-state index contributed by atoms with van der Waals surface area (Å²) < 4.78 is 0. The van der Waals surface area contributed by atoms with Crippen molar-refractivity contribution in [1.29, 1.82) is 0 Å². The Morgan fingerprint density at radius 3 is 2.86 bits per heavy atom. The van der Waals surface area contributed by atoms with Crippen molar-refractivity contribution in [3.8, 4) is 0 Å². The van der Waals surface area contributed by atoms with E-state index < -0.39 is 0 Å². The Morgan fingerprint density at radius 2 is 2.21 bits per heavy atom. The average Bonchev–Trinajstić information content (AvgIpc) is 2.67. The van der Waals surface area contributed by atoms with Gasteiger partial charge in [0.25, 0.3) is 0 Å². The van der Waals surface area contributed by atoms with E-state index >= 15 is 0 Å². The molecule has 1 aliphatic heterocycles. The average molecular weight is 211 g/mol. The van der Waals surface area contributed by atoms with Crippen LogP contribution in [-0.2, 0) is 12.8 Å². The molecule has 0 amide bonds. The highest BCUT2D eigenvalue weighted by molar-refractivity contribution is 7.99. The molecule has 1 saturated heterocycles. The Morgan fingerprint density at radius 1 is 1.43 bits per heavy atom. The lowest BCUT2D eigenvalue weighted by molar-refractivity contribution is 0.477. The maximum atomic E-state index is 4.45. The first kappa shape index (κ1) is 10.0. The van der Waals surface area contributed by atoms with E-state index in [1.807, 2.05) is 0 Å². The first-order chi connectivity index (χ1) is 6.88. The molecule has 14 heavy (non-hydrogen) atoms. The smallest absolute Gasteiger partial charge is 0.150 e. The highest BCUT2D eigenvalue weighted by Crippen LogP contribution is 2.24. The number of nitrogens with zero attached hydrogens (tertiary/aromatic N) is 2. The van der Waals surface area contributed by atoms with Crippen LogP contribution in [0.2, 0.25) is 0 Å². The number of aryl methyl sites for hydroxylation is 1. The van der Waals surface area contributed by atoms with Gasteiger partial charge in [-0.2, -0.15) is 16.9 Å². The van der Waals surface area contributed by atoms with Gasteiger partial charge in [0, 0.05) is 12.8 Å². The predicted octanol–water partition coefficient (Wildman–Crippen LogP) is 2.05. The van der Waals surface area contributed by atoms with Gasteiger partial charge in [0.05, 0.1) is 0 Å². The highest BCUT2D eigenvalue weighted by atomic mass is 32.2. The Hall–Kier alpha value is -0.510. The van der Waals surface area contributed by atoms with E-state index in [-0.39, 0.29) is 0 Å². The molecule has 4 heteroatoms. The fourth-order valence-corrected chi connectivity index (χ4v) is 3.01. The van der Waals surface area contributed by atoms with Gasteiger partial charge in [0.15, 0.2) is 0 Å². The van der Waals surface area contributed by atoms with Crippen LogP contribution in [0.1, 0.15) is 31.4 Å². The third-order valence-electron chi connectivity index (χ3n) is 2.72. The molecule has 1 aromatic heterocycles. The second-order valence-corrected chi connectivity index (χ2v) is 5.04. The molecule has 78 valence electrons. The lowest BCUT2D eigenvalue weighted by atomic mass is 9.99. The van der Waals surface area contributed by atoms with Crippen LogP contribution in [0.5, 0.6) is 0 Å². The van der Waals surface area contributed by atoms with E-state index in [1.165, 1.54) is 24.3 Å². The van der Waals surface area contributed by atoms with Crippen molar-refractivity contribution in [2.75, 3.05) is 11.5 Å². The van der Waals surface area contributed by atoms with Gasteiger partial charge in [-0.25, -0.2) is 4.98 Å². The molecule has 0 saturated carbocycles. The molecule has 1 aromatic rings. The summed E-state index contributed by atoms with van der Waals surface area (Å²) in [4.78, 5) is 4.45. The molecule has 0 radical (unpaired) electrons. The standard InChI is InChI=1S/C10H17N3S/c1-2-9-11-10(13-12-9)7-8-3-5-14-6-4-8/h8H,2-7H2,1H3,(H,11,12,13). The van der Waals surface area contributed by atoms with Crippen molar-refractivity contribution in [2.45, 2.75) is 32.6 Å². The topological polar surface area (TPSA) is 41.6 Å². The van der Waals surface area contributed by atoms with E-state index in [4.69, 9.17) is 0 Å². The van der Waals surface area contributed by atoms with Crippen LogP contribution in [-0.4, -0.2) is 26.7 Å². The molecule has 0 bridgehead atoms. The number of thioether (sulfide) groups is 1. The molecule has 2 heterocycles. The lowest BCUT2D eigenvalue weighted by Gasteiger charge is -2.19. The summed E-state index contributed by atoms with van der Waals surface area (Å²) in [5, 5.41) is 7.19. The van der Waals surface area contributed by atoms with Crippen LogP contribution in [0.3, 0.4) is 0 Å². The molecule has 1 fully saturated rings. The Balaban J connectivity index is 1.89. The van der Waals surface area contributed by atoms with Crippen LogP contribution in [0, 0.1) is 5.92 Å². The summed E-state index contributed by atoms with van der Waals surface area (Å²) in [6.07, 6.45) is 4.70. The van der Waals surface area contributed by atoms with Crippen LogP contribution in [0.25, 0.3) is 0 Å². The lowest BCUT2D eigenvalue weighted by Crippen LogP contribution is -2.13. The summed E-state index contributed by atoms with van der Waals surface area (Å²) in [6, 6.07) is 0. The molecule has 0 atom stereocenters. The number of rotatable bonds is 3. The van der Waals surface area contributed by atoms with Crippen molar-refractivity contribution in [1.82, 2.24) is 15.2 Å². The van der Waals surface area contributed by atoms with E-state index in [9.17, 15) is 0 Å². The first-order valence-electron chi connectivity index (χ1n) is 5.36. The minimum Gasteiger partial charge on any atom is -0.263 e. The largest absolute Gasteiger partial charge is 0.263 e. The zero-order valence-electron chi connectivity index (χ0n) is 8.62. The summed E-state index contributed by atoms with van der Waals surface area (Å²) in [5.74, 6) is 5.50. The summed E-state index contributed by atoms with van der Waals surface area (Å²) in [6.45, 7) is 2.09. The van der Waals surface area contributed by atoms with Gasteiger partial charge in [0.2, 0.25) is 0 Å². The number of H-pyrrole nitrogens is 1. The van der Waals surface area contributed by atoms with Gasteiger partial charge in [0.1, 0.15) is 11.6 Å². The van der Waals surface area contributed by atoms with Crippen molar-refractivity contribution >= 4 is 11.8 Å². The number of aromatic amines is 1. The van der Waals surface area contributed by atoms with E-state index in [1.54, 1.807) is 0 Å². The van der Waals surface area contributed by atoms with Crippen LogP contribution < -0.4 is 0 Å². The molecular formula is C10H17N3S. The summed E-state index contributed by atoms with van der Waals surface area (Å²) in [7, 11) is 0. The fourth-order valence-electron chi connectivity index (χ4n) is 1.81. The van der Waals surface area contributed by atoms with Crippen molar-refractivity contribution in [3.63, 3.8) is 0 Å². The number of aromatic nitrogens is 3. The molecule has 0 unspecified atom stereocenters. The van der Waals surface area contributed by atoms with Gasteiger partial charge in [-0.1, -0.05) is 6.92 Å². The zero-order valence-corrected chi connectivity index (χ0v) is 9.44. The van der Waals surface area contributed by atoms with Crippen molar-refractivity contribution in [2.24, 2.45) is 5.92 Å². The number of nitrogens with one attached hydrogen (secondary N) is 1. The summed E-state index contributed by atoms with van der Waals surface area (Å²) in [5.41, 5.74) is 0. The highest BCUT2D eigenvalue weighted by Gasteiger charge is 2.15. The quantitative estimate of drug-likeness (QED) is 0.832. The van der Waals surface area contributed by atoms with Crippen LogP contribution in [0.4, 0.5) is 0 Å². The molecule has 0 aliphatic carbocycles. The van der Waals surface area contributed by atoms with Gasteiger partial charge >= 0.3 is 0 Å². The van der Waals surface area contributed by atoms with Gasteiger partial charge in [-0.15, -0.1) is 0 Å². The Bertz CT molecular complexity index is 279. The van der Waals surface area contributed by atoms with Crippen LogP contribution >= 0.6 is 11.8 Å². The van der Waals surface area contributed by atoms with E-state index in [0.717, 1.165) is 30.4 Å². The maximum absolute atomic E-state index is 4.45. The predicted molar refractivity (Wildman–Crippen MR) is 59.5 cm³/mol. The number of hydrogen-bond acceptors (Lipinski definition) is 3. The SMILES string of the molecule is CCc1n[nH]c(CC2CCSCC2)n1. The molecule has 0 aromatic carbocycles. The normalized spacial score (nSPS) is 18.6. The second kappa shape index (κ2) is 4.82.